The first-order valence-corrected chi connectivity index (χ1v) is 8.15. The Morgan fingerprint density at radius 1 is 0.571 bits per heavy atom. The lowest BCUT2D eigenvalue weighted by Gasteiger charge is -2.11. The third-order valence-electron chi connectivity index (χ3n) is 2.97. The van der Waals surface area contributed by atoms with Gasteiger partial charge < -0.3 is 37.2 Å². The maximum absolute atomic E-state index is 5.39. The molecular weight excluding hydrogens is 266 g/mol. The molecule has 0 aliphatic carbocycles. The zero-order valence-electron chi connectivity index (χ0n) is 14.0. The minimum Gasteiger partial charge on any atom is -0.329 e. The monoisotopic (exact) mass is 303 g/mol. The van der Waals surface area contributed by atoms with Gasteiger partial charge in [-0.2, -0.15) is 0 Å². The van der Waals surface area contributed by atoms with Crippen LogP contribution < -0.4 is 32.3 Å². The Morgan fingerprint density at radius 3 is 1.24 bits per heavy atom. The molecule has 7 N–H and O–H groups in total. The molecule has 0 radical (unpaired) electrons. The van der Waals surface area contributed by atoms with E-state index in [1.165, 1.54) is 0 Å². The summed E-state index contributed by atoms with van der Waals surface area (Å²) in [4.78, 5) is 2.19. The second-order valence-electron chi connectivity index (χ2n) is 5.34. The summed E-state index contributed by atoms with van der Waals surface area (Å²) in [7, 11) is 4.19. The van der Waals surface area contributed by atoms with Crippen LogP contribution in [-0.2, 0) is 0 Å². The number of hydrogen-bond donors (Lipinski definition) is 6. The highest BCUT2D eigenvalue weighted by Gasteiger charge is 1.91. The quantitative estimate of drug-likeness (QED) is 0.165. The van der Waals surface area contributed by atoms with E-state index in [-0.39, 0.29) is 0 Å². The van der Waals surface area contributed by atoms with Gasteiger partial charge in [0, 0.05) is 78.5 Å². The molecule has 7 heteroatoms. The summed E-state index contributed by atoms with van der Waals surface area (Å²) in [5.41, 5.74) is 5.39. The average Bonchev–Trinajstić information content (AvgIpc) is 2.46. The van der Waals surface area contributed by atoms with E-state index in [0.717, 1.165) is 72.0 Å². The van der Waals surface area contributed by atoms with E-state index in [9.17, 15) is 0 Å². The van der Waals surface area contributed by atoms with Crippen molar-refractivity contribution in [2.45, 2.75) is 0 Å². The van der Waals surface area contributed by atoms with Crippen molar-refractivity contribution in [1.29, 1.82) is 0 Å². The van der Waals surface area contributed by atoms with Gasteiger partial charge in [0.1, 0.15) is 0 Å². The van der Waals surface area contributed by atoms with Crippen LogP contribution in [0.3, 0.4) is 0 Å². The lowest BCUT2D eigenvalue weighted by atomic mass is 10.5. The molecule has 0 aromatic rings. The largest absolute Gasteiger partial charge is 0.329 e. The summed E-state index contributed by atoms with van der Waals surface area (Å²) in [5, 5.41) is 16.9. The average molecular weight is 303 g/mol. The van der Waals surface area contributed by atoms with Crippen molar-refractivity contribution in [3.8, 4) is 0 Å². The molecule has 0 rings (SSSR count). The highest BCUT2D eigenvalue weighted by Crippen LogP contribution is 1.70. The van der Waals surface area contributed by atoms with E-state index >= 15 is 0 Å². The predicted molar refractivity (Wildman–Crippen MR) is 92.0 cm³/mol. The Hall–Kier alpha value is -0.280. The van der Waals surface area contributed by atoms with E-state index in [2.05, 4.69) is 45.6 Å². The Kier molecular flexibility index (Phi) is 17.5. The fraction of sp³-hybridized carbons (Fsp3) is 1.00. The van der Waals surface area contributed by atoms with Gasteiger partial charge in [0.25, 0.3) is 0 Å². The molecule has 0 saturated heterocycles. The molecule has 0 bridgehead atoms. The molecule has 0 aliphatic heterocycles. The number of nitrogens with one attached hydrogen (secondary N) is 5. The Morgan fingerprint density at radius 2 is 0.905 bits per heavy atom. The summed E-state index contributed by atoms with van der Waals surface area (Å²) < 4.78 is 0. The number of nitrogens with zero attached hydrogens (tertiary/aromatic N) is 1. The van der Waals surface area contributed by atoms with Crippen molar-refractivity contribution in [2.24, 2.45) is 5.73 Å². The molecule has 0 aromatic heterocycles. The maximum atomic E-state index is 5.39. The molecule has 0 heterocycles. The fourth-order valence-corrected chi connectivity index (χ4v) is 1.74. The second-order valence-corrected chi connectivity index (χ2v) is 5.34. The van der Waals surface area contributed by atoms with Crippen LogP contribution in [0.15, 0.2) is 0 Å². The fourth-order valence-electron chi connectivity index (χ4n) is 1.74. The van der Waals surface area contributed by atoms with Crippen molar-refractivity contribution in [1.82, 2.24) is 31.5 Å². The van der Waals surface area contributed by atoms with Crippen LogP contribution in [0.5, 0.6) is 0 Å². The summed E-state index contributed by atoms with van der Waals surface area (Å²) in [6.07, 6.45) is 0. The Labute approximate surface area is 130 Å². The number of nitrogens with two attached hydrogens (primary N) is 1. The van der Waals surface area contributed by atoms with E-state index in [4.69, 9.17) is 5.73 Å². The van der Waals surface area contributed by atoms with Gasteiger partial charge in [0.05, 0.1) is 0 Å². The van der Waals surface area contributed by atoms with Crippen molar-refractivity contribution < 1.29 is 0 Å². The minimum absolute atomic E-state index is 0.708. The van der Waals surface area contributed by atoms with Gasteiger partial charge in [-0.1, -0.05) is 0 Å². The van der Waals surface area contributed by atoms with Crippen molar-refractivity contribution >= 4 is 0 Å². The van der Waals surface area contributed by atoms with E-state index in [0.29, 0.717) is 6.54 Å². The first-order valence-electron chi connectivity index (χ1n) is 8.15. The molecule has 0 atom stereocenters. The van der Waals surface area contributed by atoms with Crippen molar-refractivity contribution in [3.63, 3.8) is 0 Å². The van der Waals surface area contributed by atoms with Crippen LogP contribution in [0, 0.1) is 0 Å². The molecule has 21 heavy (non-hydrogen) atoms. The van der Waals surface area contributed by atoms with Gasteiger partial charge >= 0.3 is 0 Å². The lowest BCUT2D eigenvalue weighted by molar-refractivity contribution is 0.399. The Bertz CT molecular complexity index is 190. The second kappa shape index (κ2) is 17.8. The smallest absolute Gasteiger partial charge is 0.0101 e. The van der Waals surface area contributed by atoms with Gasteiger partial charge in [0.15, 0.2) is 0 Å². The van der Waals surface area contributed by atoms with Crippen LogP contribution in [0.25, 0.3) is 0 Å². The first-order chi connectivity index (χ1) is 10.3. The standard InChI is InChI=1S/C14H37N7/c1-21(2)14-13-20-12-11-19-10-9-18-8-7-17-6-5-16-4-3-15/h16-20H,3-15H2,1-2H3. The third kappa shape index (κ3) is 19.7. The van der Waals surface area contributed by atoms with Crippen LogP contribution in [0.1, 0.15) is 0 Å². The van der Waals surface area contributed by atoms with Gasteiger partial charge in [0.2, 0.25) is 0 Å². The molecule has 0 unspecified atom stereocenters. The van der Waals surface area contributed by atoms with Crippen LogP contribution >= 0.6 is 0 Å². The van der Waals surface area contributed by atoms with Crippen LogP contribution in [0.4, 0.5) is 0 Å². The van der Waals surface area contributed by atoms with Crippen molar-refractivity contribution in [2.75, 3.05) is 92.6 Å². The number of rotatable bonds is 17. The van der Waals surface area contributed by atoms with E-state index in [1.807, 2.05) is 0 Å². The van der Waals surface area contributed by atoms with Crippen LogP contribution in [-0.4, -0.2) is 97.5 Å². The zero-order valence-corrected chi connectivity index (χ0v) is 14.0. The minimum atomic E-state index is 0.708. The zero-order chi connectivity index (χ0) is 15.6. The molecule has 0 fully saturated rings. The highest BCUT2D eigenvalue weighted by atomic mass is 15.1. The van der Waals surface area contributed by atoms with Gasteiger partial charge in [-0.3, -0.25) is 0 Å². The number of likely N-dealkylation sites (N-methyl/N-ethyl adjacent to an activating group) is 1. The summed E-state index contributed by atoms with van der Waals surface area (Å²) in [6, 6.07) is 0. The third-order valence-corrected chi connectivity index (χ3v) is 2.97. The topological polar surface area (TPSA) is 89.4 Å². The van der Waals surface area contributed by atoms with Crippen LogP contribution in [0.2, 0.25) is 0 Å². The summed E-state index contributed by atoms with van der Waals surface area (Å²) in [6.45, 7) is 11.9. The van der Waals surface area contributed by atoms with Gasteiger partial charge in [-0.05, 0) is 14.1 Å². The molecule has 7 nitrogen and oxygen atoms in total. The SMILES string of the molecule is CN(C)CCNCCNCCNCCNCCNCCN. The van der Waals surface area contributed by atoms with Gasteiger partial charge in [-0.25, -0.2) is 0 Å². The predicted octanol–water partition coefficient (Wildman–Crippen LogP) is -2.55. The van der Waals surface area contributed by atoms with Crippen molar-refractivity contribution in [3.05, 3.63) is 0 Å². The molecule has 0 aliphatic rings. The molecule has 0 amide bonds. The van der Waals surface area contributed by atoms with E-state index in [1.54, 1.807) is 0 Å². The van der Waals surface area contributed by atoms with Gasteiger partial charge in [-0.15, -0.1) is 0 Å². The molecule has 0 spiro atoms. The Balaban J connectivity index is 2.93. The summed E-state index contributed by atoms with van der Waals surface area (Å²) >= 11 is 0. The maximum Gasteiger partial charge on any atom is 0.0101 e. The highest BCUT2D eigenvalue weighted by molar-refractivity contribution is 4.58. The van der Waals surface area contributed by atoms with E-state index < -0.39 is 0 Å². The molecule has 128 valence electrons. The molecule has 0 aromatic carbocycles. The number of hydrogen-bond acceptors (Lipinski definition) is 7. The summed E-state index contributed by atoms with van der Waals surface area (Å²) in [5.74, 6) is 0. The molecular formula is C14H37N7. The first kappa shape index (κ1) is 20.7. The molecule has 0 saturated carbocycles. The normalized spacial score (nSPS) is 11.4. The lowest BCUT2D eigenvalue weighted by Crippen LogP contribution is -2.37.